The van der Waals surface area contributed by atoms with Gasteiger partial charge in [0.1, 0.15) is 0 Å². The molecule has 186 valence electrons. The second-order valence-corrected chi connectivity index (χ2v) is 9.35. The molecule has 1 aliphatic heterocycles. The number of rotatable bonds is 7. The minimum absolute atomic E-state index is 0.0599. The molecule has 3 aromatic carbocycles. The van der Waals surface area contributed by atoms with Gasteiger partial charge in [0.05, 0.1) is 6.54 Å². The molecule has 1 fully saturated rings. The van der Waals surface area contributed by atoms with Crippen LogP contribution in [0.1, 0.15) is 46.0 Å². The molecular weight excluding hydrogens is 452 g/mol. The van der Waals surface area contributed by atoms with Crippen LogP contribution >= 0.6 is 0 Å². The molecule has 1 saturated heterocycles. The van der Waals surface area contributed by atoms with Crippen molar-refractivity contribution in [2.45, 2.75) is 26.7 Å². The van der Waals surface area contributed by atoms with Gasteiger partial charge in [-0.05, 0) is 86.3 Å². The molecule has 0 saturated carbocycles. The van der Waals surface area contributed by atoms with Gasteiger partial charge in [-0.2, -0.15) is 0 Å². The highest BCUT2D eigenvalue weighted by molar-refractivity contribution is 6.04. The summed E-state index contributed by atoms with van der Waals surface area (Å²) in [5, 5.41) is 8.77. The molecule has 0 spiro atoms. The van der Waals surface area contributed by atoms with Gasteiger partial charge in [-0.15, -0.1) is 0 Å². The first kappa shape index (κ1) is 25.0. The summed E-state index contributed by atoms with van der Waals surface area (Å²) < 4.78 is 0. The molecule has 3 N–H and O–H groups in total. The van der Waals surface area contributed by atoms with Gasteiger partial charge in [0.2, 0.25) is 5.91 Å². The third-order valence-corrected chi connectivity index (χ3v) is 6.36. The van der Waals surface area contributed by atoms with Crippen LogP contribution in [0.4, 0.5) is 17.1 Å². The van der Waals surface area contributed by atoms with Crippen molar-refractivity contribution < 1.29 is 14.4 Å². The highest BCUT2D eigenvalue weighted by Gasteiger charge is 2.21. The summed E-state index contributed by atoms with van der Waals surface area (Å²) in [4.78, 5) is 39.3. The van der Waals surface area contributed by atoms with Crippen LogP contribution in [0.3, 0.4) is 0 Å². The number of piperidine rings is 1. The Labute approximate surface area is 211 Å². The van der Waals surface area contributed by atoms with Crippen LogP contribution in [0.25, 0.3) is 0 Å². The van der Waals surface area contributed by atoms with Crippen LogP contribution in [0.5, 0.6) is 0 Å². The first-order valence-corrected chi connectivity index (χ1v) is 12.3. The molecule has 3 amide bonds. The maximum absolute atomic E-state index is 12.7. The number of nitrogens with one attached hydrogen (secondary N) is 3. The molecule has 36 heavy (non-hydrogen) atoms. The van der Waals surface area contributed by atoms with Gasteiger partial charge in [-0.25, -0.2) is 0 Å². The zero-order chi connectivity index (χ0) is 25.5. The minimum Gasteiger partial charge on any atom is -0.376 e. The average molecular weight is 485 g/mol. The predicted molar refractivity (Wildman–Crippen MR) is 143 cm³/mol. The number of likely N-dealkylation sites (tertiary alicyclic amines) is 1. The van der Waals surface area contributed by atoms with Crippen molar-refractivity contribution in [3.05, 3.63) is 89.5 Å². The van der Waals surface area contributed by atoms with E-state index in [2.05, 4.69) is 22.9 Å². The molecule has 7 nitrogen and oxygen atoms in total. The van der Waals surface area contributed by atoms with E-state index in [9.17, 15) is 14.4 Å². The van der Waals surface area contributed by atoms with E-state index in [0.29, 0.717) is 28.4 Å². The van der Waals surface area contributed by atoms with Crippen LogP contribution < -0.4 is 16.0 Å². The lowest BCUT2D eigenvalue weighted by Gasteiger charge is -2.30. The minimum atomic E-state index is -0.200. The summed E-state index contributed by atoms with van der Waals surface area (Å²) in [6, 6.07) is 21.6. The van der Waals surface area contributed by atoms with Crippen molar-refractivity contribution in [3.8, 4) is 0 Å². The Bertz CT molecular complexity index is 1210. The fraction of sp³-hybridized carbons (Fsp3) is 0.276. The average Bonchev–Trinajstić information content (AvgIpc) is 2.89. The fourth-order valence-electron chi connectivity index (χ4n) is 4.14. The number of benzene rings is 3. The third kappa shape index (κ3) is 6.72. The van der Waals surface area contributed by atoms with Crippen molar-refractivity contribution in [1.82, 2.24) is 4.90 Å². The number of aryl methyl sites for hydroxylation is 1. The molecule has 7 heteroatoms. The Balaban J connectivity index is 1.23. The van der Waals surface area contributed by atoms with Gasteiger partial charge in [-0.3, -0.25) is 14.4 Å². The lowest BCUT2D eigenvalue weighted by Crippen LogP contribution is -2.37. The number of nitrogens with zero attached hydrogens (tertiary/aromatic N) is 1. The predicted octanol–water partition coefficient (Wildman–Crippen LogP) is 5.17. The molecule has 1 heterocycles. The lowest BCUT2D eigenvalue weighted by molar-refractivity contribution is -0.114. The maximum Gasteiger partial charge on any atom is 0.255 e. The molecule has 0 aliphatic carbocycles. The Morgan fingerprint density at radius 3 is 2.06 bits per heavy atom. The van der Waals surface area contributed by atoms with Gasteiger partial charge in [0, 0.05) is 41.3 Å². The van der Waals surface area contributed by atoms with Gasteiger partial charge in [0.25, 0.3) is 11.8 Å². The van der Waals surface area contributed by atoms with E-state index < -0.39 is 0 Å². The van der Waals surface area contributed by atoms with E-state index in [4.69, 9.17) is 0 Å². The Morgan fingerprint density at radius 2 is 1.42 bits per heavy atom. The highest BCUT2D eigenvalue weighted by Crippen LogP contribution is 2.19. The van der Waals surface area contributed by atoms with Crippen molar-refractivity contribution in [2.24, 2.45) is 5.92 Å². The number of carbonyl (C=O) groups is 3. The second-order valence-electron chi connectivity index (χ2n) is 9.35. The van der Waals surface area contributed by atoms with E-state index in [1.54, 1.807) is 42.5 Å². The lowest BCUT2D eigenvalue weighted by atomic mass is 9.98. The van der Waals surface area contributed by atoms with Crippen molar-refractivity contribution in [2.75, 3.05) is 35.6 Å². The summed E-state index contributed by atoms with van der Waals surface area (Å²) in [7, 11) is 0. The van der Waals surface area contributed by atoms with Gasteiger partial charge >= 0.3 is 0 Å². The maximum atomic E-state index is 12.7. The first-order valence-electron chi connectivity index (χ1n) is 12.3. The van der Waals surface area contributed by atoms with Gasteiger partial charge in [-0.1, -0.05) is 24.6 Å². The molecule has 4 rings (SSSR count). The molecule has 0 atom stereocenters. The molecule has 0 unspecified atom stereocenters. The topological polar surface area (TPSA) is 90.5 Å². The van der Waals surface area contributed by atoms with Gasteiger partial charge < -0.3 is 20.9 Å². The number of hydrogen-bond acceptors (Lipinski definition) is 4. The monoisotopic (exact) mass is 484 g/mol. The molecule has 0 bridgehead atoms. The summed E-state index contributed by atoms with van der Waals surface area (Å²) >= 11 is 0. The number of amides is 3. The second kappa shape index (κ2) is 11.5. The van der Waals surface area contributed by atoms with E-state index in [1.807, 2.05) is 42.2 Å². The van der Waals surface area contributed by atoms with E-state index in [0.717, 1.165) is 37.2 Å². The van der Waals surface area contributed by atoms with Crippen molar-refractivity contribution in [3.63, 3.8) is 0 Å². The molecule has 3 aromatic rings. The first-order chi connectivity index (χ1) is 17.4. The summed E-state index contributed by atoms with van der Waals surface area (Å²) in [6.45, 7) is 5.86. The highest BCUT2D eigenvalue weighted by atomic mass is 16.2. The summed E-state index contributed by atoms with van der Waals surface area (Å²) in [5.74, 6) is 0.353. The number of hydrogen-bond donors (Lipinski definition) is 3. The number of carbonyl (C=O) groups excluding carboxylic acids is 3. The molecule has 1 aliphatic rings. The Morgan fingerprint density at radius 1 is 0.806 bits per heavy atom. The van der Waals surface area contributed by atoms with Crippen LogP contribution in [0.15, 0.2) is 72.8 Å². The van der Waals surface area contributed by atoms with Crippen LogP contribution in [-0.2, 0) is 4.79 Å². The van der Waals surface area contributed by atoms with E-state index in [-0.39, 0.29) is 24.3 Å². The van der Waals surface area contributed by atoms with E-state index in [1.165, 1.54) is 0 Å². The fourth-order valence-corrected chi connectivity index (χ4v) is 4.14. The zero-order valence-corrected chi connectivity index (χ0v) is 20.7. The Hall–Kier alpha value is -4.13. The standard InChI is InChI=1S/C29H32N4O3/c1-20-14-16-33(17-15-20)29(36)22-6-8-24(9-7-22)30-19-27(34)31-25-10-12-26(13-11-25)32-28(35)23-5-3-4-21(2)18-23/h3-13,18,20,30H,14-17,19H2,1-2H3,(H,31,34)(H,32,35). The summed E-state index contributed by atoms with van der Waals surface area (Å²) in [5.41, 5.74) is 4.32. The van der Waals surface area contributed by atoms with Crippen LogP contribution in [0.2, 0.25) is 0 Å². The van der Waals surface area contributed by atoms with Crippen LogP contribution in [-0.4, -0.2) is 42.3 Å². The largest absolute Gasteiger partial charge is 0.376 e. The molecule has 0 radical (unpaired) electrons. The number of anilines is 3. The van der Waals surface area contributed by atoms with Crippen LogP contribution in [0, 0.1) is 12.8 Å². The Kier molecular flexibility index (Phi) is 8.00. The summed E-state index contributed by atoms with van der Waals surface area (Å²) in [6.07, 6.45) is 2.09. The van der Waals surface area contributed by atoms with Crippen molar-refractivity contribution >= 4 is 34.8 Å². The molecular formula is C29H32N4O3. The SMILES string of the molecule is Cc1cccc(C(=O)Nc2ccc(NC(=O)CNc3ccc(C(=O)N4CCC(C)CC4)cc3)cc2)c1. The molecule has 0 aromatic heterocycles. The normalized spacial score (nSPS) is 13.7. The zero-order valence-electron chi connectivity index (χ0n) is 20.7. The van der Waals surface area contributed by atoms with E-state index >= 15 is 0 Å². The smallest absolute Gasteiger partial charge is 0.255 e. The van der Waals surface area contributed by atoms with Crippen molar-refractivity contribution in [1.29, 1.82) is 0 Å². The quantitative estimate of drug-likeness (QED) is 0.432. The third-order valence-electron chi connectivity index (χ3n) is 6.36. The van der Waals surface area contributed by atoms with Gasteiger partial charge in [0.15, 0.2) is 0 Å².